The molecule has 2 aliphatic heterocycles. The van der Waals surface area contributed by atoms with Crippen molar-refractivity contribution in [3.05, 3.63) is 34.8 Å². The molecular weight excluding hydrogens is 414 g/mol. The molecule has 2 fully saturated rings. The van der Waals surface area contributed by atoms with Crippen LogP contribution >= 0.6 is 11.3 Å². The minimum atomic E-state index is -0.0515. The first-order valence-corrected chi connectivity index (χ1v) is 11.9. The van der Waals surface area contributed by atoms with Gasteiger partial charge >= 0.3 is 0 Å². The number of aryl methyl sites for hydroxylation is 1. The largest absolute Gasteiger partial charge is 0.494 e. The van der Waals surface area contributed by atoms with Crippen LogP contribution in [-0.2, 0) is 9.47 Å². The van der Waals surface area contributed by atoms with E-state index in [1.54, 1.807) is 0 Å². The molecule has 168 valence electrons. The quantitative estimate of drug-likeness (QED) is 0.674. The Labute approximate surface area is 187 Å². The van der Waals surface area contributed by atoms with E-state index in [1.807, 2.05) is 38.1 Å². The summed E-state index contributed by atoms with van der Waals surface area (Å²) in [5, 5.41) is 4.03. The first-order valence-electron chi connectivity index (χ1n) is 11.0. The van der Waals surface area contributed by atoms with Gasteiger partial charge in [0.1, 0.15) is 15.6 Å². The predicted octanol–water partition coefficient (Wildman–Crippen LogP) is 2.98. The van der Waals surface area contributed by atoms with Crippen LogP contribution in [0.4, 0.5) is 0 Å². The summed E-state index contributed by atoms with van der Waals surface area (Å²) in [5.74, 6) is 1.23. The molecule has 1 amide bonds. The van der Waals surface area contributed by atoms with Crippen LogP contribution in [0.2, 0.25) is 0 Å². The summed E-state index contributed by atoms with van der Waals surface area (Å²) < 4.78 is 16.7. The van der Waals surface area contributed by atoms with Crippen molar-refractivity contribution in [2.24, 2.45) is 5.92 Å². The number of benzene rings is 1. The number of carbonyl (C=O) groups excluding carboxylic acids is 1. The van der Waals surface area contributed by atoms with E-state index in [0.29, 0.717) is 23.9 Å². The lowest BCUT2D eigenvalue weighted by Crippen LogP contribution is -2.52. The normalized spacial score (nSPS) is 20.5. The highest BCUT2D eigenvalue weighted by atomic mass is 32.1. The van der Waals surface area contributed by atoms with Crippen LogP contribution in [0.5, 0.6) is 5.75 Å². The molecule has 1 aromatic heterocycles. The number of rotatable bonds is 8. The summed E-state index contributed by atoms with van der Waals surface area (Å²) in [6.45, 7) is 9.98. The standard InChI is InChI=1S/C23H31N3O4S/c1-3-30-19-6-4-17(5-7-19)23-25-16(2)21(31-23)22(27)24-14-20(18-8-11-29-15-18)26-9-12-28-13-10-26/h4-7,18,20H,3,8-15H2,1-2H3,(H,24,27). The van der Waals surface area contributed by atoms with Gasteiger partial charge in [-0.25, -0.2) is 4.98 Å². The van der Waals surface area contributed by atoms with Gasteiger partial charge in [0.05, 0.1) is 32.1 Å². The highest BCUT2D eigenvalue weighted by molar-refractivity contribution is 7.17. The molecule has 2 aliphatic rings. The van der Waals surface area contributed by atoms with Gasteiger partial charge in [-0.3, -0.25) is 9.69 Å². The zero-order chi connectivity index (χ0) is 21.6. The first kappa shape index (κ1) is 22.2. The number of nitrogens with one attached hydrogen (secondary N) is 1. The lowest BCUT2D eigenvalue weighted by Gasteiger charge is -2.37. The van der Waals surface area contributed by atoms with Crippen molar-refractivity contribution in [3.63, 3.8) is 0 Å². The molecule has 0 aliphatic carbocycles. The summed E-state index contributed by atoms with van der Waals surface area (Å²) in [4.78, 5) is 20.8. The summed E-state index contributed by atoms with van der Waals surface area (Å²) in [6.07, 6.45) is 1.04. The molecule has 0 radical (unpaired) electrons. The van der Waals surface area contributed by atoms with Crippen molar-refractivity contribution in [1.82, 2.24) is 15.2 Å². The van der Waals surface area contributed by atoms with Gasteiger partial charge < -0.3 is 19.5 Å². The van der Waals surface area contributed by atoms with Crippen LogP contribution in [0.3, 0.4) is 0 Å². The van der Waals surface area contributed by atoms with Gasteiger partial charge in [-0.05, 0) is 44.5 Å². The van der Waals surface area contributed by atoms with Crippen molar-refractivity contribution in [3.8, 4) is 16.3 Å². The van der Waals surface area contributed by atoms with E-state index in [0.717, 1.165) is 68.0 Å². The third-order valence-corrected chi connectivity index (χ3v) is 7.12. The molecule has 2 saturated heterocycles. The Bertz CT molecular complexity index is 858. The fourth-order valence-electron chi connectivity index (χ4n) is 4.23. The summed E-state index contributed by atoms with van der Waals surface area (Å²) in [7, 11) is 0. The lowest BCUT2D eigenvalue weighted by atomic mass is 9.97. The maximum absolute atomic E-state index is 13.0. The molecule has 31 heavy (non-hydrogen) atoms. The molecule has 8 heteroatoms. The molecule has 7 nitrogen and oxygen atoms in total. The zero-order valence-electron chi connectivity index (χ0n) is 18.3. The topological polar surface area (TPSA) is 72.9 Å². The predicted molar refractivity (Wildman–Crippen MR) is 121 cm³/mol. The van der Waals surface area contributed by atoms with Gasteiger partial charge in [-0.2, -0.15) is 0 Å². The average molecular weight is 446 g/mol. The smallest absolute Gasteiger partial charge is 0.263 e. The van der Waals surface area contributed by atoms with Crippen LogP contribution in [0.25, 0.3) is 10.6 Å². The van der Waals surface area contributed by atoms with E-state index in [4.69, 9.17) is 14.2 Å². The van der Waals surface area contributed by atoms with E-state index in [-0.39, 0.29) is 11.9 Å². The van der Waals surface area contributed by atoms with Gasteiger partial charge in [-0.15, -0.1) is 11.3 Å². The fraction of sp³-hybridized carbons (Fsp3) is 0.565. The van der Waals surface area contributed by atoms with Gasteiger partial charge in [0.15, 0.2) is 0 Å². The van der Waals surface area contributed by atoms with Crippen LogP contribution < -0.4 is 10.1 Å². The van der Waals surface area contributed by atoms with Gasteiger partial charge in [0.2, 0.25) is 0 Å². The second-order valence-corrected chi connectivity index (χ2v) is 8.94. The van der Waals surface area contributed by atoms with Crippen molar-refractivity contribution in [2.75, 3.05) is 52.7 Å². The first-order chi connectivity index (χ1) is 15.2. The Morgan fingerprint density at radius 3 is 2.71 bits per heavy atom. The number of hydrogen-bond acceptors (Lipinski definition) is 7. The highest BCUT2D eigenvalue weighted by Crippen LogP contribution is 2.29. The number of nitrogens with zero attached hydrogens (tertiary/aromatic N) is 2. The molecule has 1 aromatic carbocycles. The van der Waals surface area contributed by atoms with Crippen molar-refractivity contribution in [2.45, 2.75) is 26.3 Å². The van der Waals surface area contributed by atoms with Crippen LogP contribution in [0, 0.1) is 12.8 Å². The van der Waals surface area contributed by atoms with Gasteiger partial charge in [0, 0.05) is 43.8 Å². The third-order valence-electron chi connectivity index (χ3n) is 5.91. The Morgan fingerprint density at radius 1 is 1.26 bits per heavy atom. The summed E-state index contributed by atoms with van der Waals surface area (Å²) >= 11 is 1.44. The van der Waals surface area contributed by atoms with Crippen molar-refractivity contribution < 1.29 is 19.0 Å². The van der Waals surface area contributed by atoms with Crippen molar-refractivity contribution in [1.29, 1.82) is 0 Å². The van der Waals surface area contributed by atoms with E-state index in [9.17, 15) is 4.79 Å². The second-order valence-electron chi connectivity index (χ2n) is 7.94. The molecule has 0 saturated carbocycles. The second kappa shape index (κ2) is 10.5. The van der Waals surface area contributed by atoms with Crippen molar-refractivity contribution >= 4 is 17.2 Å². The van der Waals surface area contributed by atoms with Gasteiger partial charge in [0.25, 0.3) is 5.91 Å². The molecule has 3 heterocycles. The lowest BCUT2D eigenvalue weighted by molar-refractivity contribution is 0.00167. The Balaban J connectivity index is 1.42. The molecule has 0 spiro atoms. The number of amides is 1. The number of carbonyl (C=O) groups is 1. The molecular formula is C23H31N3O4S. The van der Waals surface area contributed by atoms with Crippen LogP contribution in [-0.4, -0.2) is 74.5 Å². The molecule has 0 bridgehead atoms. The Hall–Kier alpha value is -2.00. The molecule has 2 atom stereocenters. The van der Waals surface area contributed by atoms with Crippen LogP contribution in [0.15, 0.2) is 24.3 Å². The zero-order valence-corrected chi connectivity index (χ0v) is 19.1. The monoisotopic (exact) mass is 445 g/mol. The van der Waals surface area contributed by atoms with Gasteiger partial charge in [-0.1, -0.05) is 0 Å². The average Bonchev–Trinajstić information content (AvgIpc) is 3.46. The molecule has 4 rings (SSSR count). The number of aromatic nitrogens is 1. The Morgan fingerprint density at radius 2 is 2.03 bits per heavy atom. The SMILES string of the molecule is CCOc1ccc(-c2nc(C)c(C(=O)NCC(C3CCOC3)N3CCOCC3)s2)cc1. The molecule has 2 unspecified atom stereocenters. The third kappa shape index (κ3) is 5.44. The molecule has 2 aromatic rings. The molecule has 1 N–H and O–H groups in total. The van der Waals surface area contributed by atoms with E-state index in [2.05, 4.69) is 15.2 Å². The number of hydrogen-bond donors (Lipinski definition) is 1. The Kier molecular flexibility index (Phi) is 7.55. The summed E-state index contributed by atoms with van der Waals surface area (Å²) in [6, 6.07) is 8.12. The van der Waals surface area contributed by atoms with E-state index in [1.165, 1.54) is 11.3 Å². The maximum atomic E-state index is 13.0. The number of ether oxygens (including phenoxy) is 3. The van der Waals surface area contributed by atoms with Crippen LogP contribution in [0.1, 0.15) is 28.7 Å². The fourth-order valence-corrected chi connectivity index (χ4v) is 5.22. The summed E-state index contributed by atoms with van der Waals surface area (Å²) in [5.41, 5.74) is 1.75. The minimum absolute atomic E-state index is 0.0515. The number of morpholine rings is 1. The minimum Gasteiger partial charge on any atom is -0.494 e. The van der Waals surface area contributed by atoms with E-state index >= 15 is 0 Å². The maximum Gasteiger partial charge on any atom is 0.263 e. The van der Waals surface area contributed by atoms with E-state index < -0.39 is 0 Å². The number of thiazole rings is 1. The highest BCUT2D eigenvalue weighted by Gasteiger charge is 2.32.